The summed E-state index contributed by atoms with van der Waals surface area (Å²) >= 11 is 0. The molecule has 3 rings (SSSR count). The summed E-state index contributed by atoms with van der Waals surface area (Å²) in [6, 6.07) is 8.34. The minimum atomic E-state index is -0.482. The highest BCUT2D eigenvalue weighted by atomic mass is 16.6. The number of unbranched alkanes of at least 4 members (excludes halogenated alkanes) is 1. The molecule has 1 aliphatic rings. The van der Waals surface area contributed by atoms with Crippen LogP contribution in [-0.2, 0) is 11.2 Å². The van der Waals surface area contributed by atoms with Crippen molar-refractivity contribution >= 4 is 17.0 Å². The lowest BCUT2D eigenvalue weighted by Crippen LogP contribution is -2.36. The highest BCUT2D eigenvalue weighted by Crippen LogP contribution is 2.29. The Morgan fingerprint density at radius 3 is 2.89 bits per heavy atom. The summed E-state index contributed by atoms with van der Waals surface area (Å²) in [5, 5.41) is 1.10. The number of hydrogen-bond acceptors (Lipinski definition) is 4. The van der Waals surface area contributed by atoms with Crippen LogP contribution in [0.1, 0.15) is 52.5 Å². The van der Waals surface area contributed by atoms with E-state index in [2.05, 4.69) is 30.1 Å². The molecule has 5 nitrogen and oxygen atoms in total. The molecule has 2 aromatic rings. The molecule has 5 heteroatoms. The molecule has 0 saturated carbocycles. The van der Waals surface area contributed by atoms with E-state index in [0.717, 1.165) is 42.3 Å². The lowest BCUT2D eigenvalue weighted by Gasteiger charge is -2.24. The van der Waals surface area contributed by atoms with Crippen LogP contribution < -0.4 is 4.74 Å². The molecule has 0 unspecified atom stereocenters. The number of pyridine rings is 1. The molecule has 1 fully saturated rings. The van der Waals surface area contributed by atoms with Crippen LogP contribution in [0.3, 0.4) is 0 Å². The second-order valence-electron chi connectivity index (χ2n) is 8.23. The lowest BCUT2D eigenvalue weighted by atomic mass is 10.0. The van der Waals surface area contributed by atoms with Crippen LogP contribution >= 0.6 is 0 Å². The fourth-order valence-electron chi connectivity index (χ4n) is 3.33. The number of hydrogen-bond donors (Lipinski definition) is 0. The van der Waals surface area contributed by atoms with Gasteiger partial charge in [0.2, 0.25) is 0 Å². The summed E-state index contributed by atoms with van der Waals surface area (Å²) in [6.07, 6.45) is 5.63. The fourth-order valence-corrected chi connectivity index (χ4v) is 3.33. The average Bonchev–Trinajstić information content (AvgIpc) is 3.07. The third-order valence-corrected chi connectivity index (χ3v) is 4.64. The summed E-state index contributed by atoms with van der Waals surface area (Å²) < 4.78 is 11.8. The van der Waals surface area contributed by atoms with Crippen molar-refractivity contribution in [1.82, 2.24) is 9.88 Å². The van der Waals surface area contributed by atoms with Crippen molar-refractivity contribution in [3.8, 4) is 5.75 Å². The zero-order valence-electron chi connectivity index (χ0n) is 16.8. The van der Waals surface area contributed by atoms with Crippen molar-refractivity contribution in [3.05, 3.63) is 36.0 Å². The standard InChI is InChI=1S/C22H30N2O3/c1-5-6-8-16-13-17-9-7-11-23-20(17)19(14-16)26-18-10-12-24(15-18)21(25)27-22(2,3)4/h7,9,11,13-14,18H,5-6,8,10,12,15H2,1-4H3/t18-/m1/s1. The van der Waals surface area contributed by atoms with Gasteiger partial charge in [-0.25, -0.2) is 4.79 Å². The molecule has 1 saturated heterocycles. The predicted octanol–water partition coefficient (Wildman–Crippen LogP) is 4.97. The van der Waals surface area contributed by atoms with E-state index in [4.69, 9.17) is 9.47 Å². The molecular formula is C22H30N2O3. The third-order valence-electron chi connectivity index (χ3n) is 4.64. The first-order valence-corrected chi connectivity index (χ1v) is 9.88. The number of aryl methyl sites for hydroxylation is 1. The molecule has 1 aromatic heterocycles. The number of likely N-dealkylation sites (tertiary alicyclic amines) is 1. The van der Waals surface area contributed by atoms with Crippen molar-refractivity contribution in [1.29, 1.82) is 0 Å². The number of aromatic nitrogens is 1. The predicted molar refractivity (Wildman–Crippen MR) is 107 cm³/mol. The molecule has 1 atom stereocenters. The Kier molecular flexibility index (Phi) is 5.88. The normalized spacial score (nSPS) is 17.3. The van der Waals surface area contributed by atoms with Crippen LogP contribution in [0.4, 0.5) is 4.79 Å². The van der Waals surface area contributed by atoms with Gasteiger partial charge in [0.25, 0.3) is 0 Å². The third kappa shape index (κ3) is 5.12. The smallest absolute Gasteiger partial charge is 0.410 e. The van der Waals surface area contributed by atoms with Gasteiger partial charge in [-0.05, 0) is 57.4 Å². The Morgan fingerprint density at radius 2 is 2.15 bits per heavy atom. The molecule has 0 aliphatic carbocycles. The number of carbonyl (C=O) groups excluding carboxylic acids is 1. The number of benzene rings is 1. The minimum Gasteiger partial charge on any atom is -0.486 e. The second kappa shape index (κ2) is 8.15. The van der Waals surface area contributed by atoms with Gasteiger partial charge in [0.15, 0.2) is 0 Å². The van der Waals surface area contributed by atoms with Crippen LogP contribution in [0.15, 0.2) is 30.5 Å². The molecule has 0 radical (unpaired) electrons. The van der Waals surface area contributed by atoms with Crippen LogP contribution in [0.2, 0.25) is 0 Å². The second-order valence-corrected chi connectivity index (χ2v) is 8.23. The number of fused-ring (bicyclic) bond motifs is 1. The van der Waals surface area contributed by atoms with E-state index in [1.54, 1.807) is 11.1 Å². The van der Waals surface area contributed by atoms with E-state index in [1.165, 1.54) is 5.56 Å². The fraction of sp³-hybridized carbons (Fsp3) is 0.545. The topological polar surface area (TPSA) is 51.7 Å². The van der Waals surface area contributed by atoms with E-state index in [9.17, 15) is 4.79 Å². The average molecular weight is 370 g/mol. The van der Waals surface area contributed by atoms with Crippen molar-refractivity contribution in [2.75, 3.05) is 13.1 Å². The van der Waals surface area contributed by atoms with Crippen molar-refractivity contribution < 1.29 is 14.3 Å². The first-order chi connectivity index (χ1) is 12.9. The first kappa shape index (κ1) is 19.5. The highest BCUT2D eigenvalue weighted by Gasteiger charge is 2.31. The van der Waals surface area contributed by atoms with Gasteiger partial charge in [0.1, 0.15) is 23.0 Å². The molecule has 1 amide bonds. The molecule has 0 bridgehead atoms. The summed E-state index contributed by atoms with van der Waals surface area (Å²) in [5.74, 6) is 0.815. The Hall–Kier alpha value is -2.30. The number of amides is 1. The van der Waals surface area contributed by atoms with Gasteiger partial charge >= 0.3 is 6.09 Å². The summed E-state index contributed by atoms with van der Waals surface area (Å²) in [4.78, 5) is 18.5. The van der Waals surface area contributed by atoms with Crippen molar-refractivity contribution in [3.63, 3.8) is 0 Å². The van der Waals surface area contributed by atoms with Gasteiger partial charge in [0.05, 0.1) is 6.54 Å². The van der Waals surface area contributed by atoms with Crippen LogP contribution in [0.25, 0.3) is 10.9 Å². The van der Waals surface area contributed by atoms with Gasteiger partial charge < -0.3 is 14.4 Å². The SMILES string of the molecule is CCCCc1cc(O[C@@H]2CCN(C(=O)OC(C)(C)C)C2)c2ncccc2c1. The Bertz CT molecular complexity index is 798. The summed E-state index contributed by atoms with van der Waals surface area (Å²) in [6.45, 7) is 9.05. The Balaban J connectivity index is 1.73. The molecule has 0 spiro atoms. The van der Waals surface area contributed by atoms with Crippen molar-refractivity contribution in [2.24, 2.45) is 0 Å². The molecular weight excluding hydrogens is 340 g/mol. The Morgan fingerprint density at radius 1 is 1.33 bits per heavy atom. The van der Waals surface area contributed by atoms with Crippen molar-refractivity contribution in [2.45, 2.75) is 65.1 Å². The van der Waals surface area contributed by atoms with E-state index in [1.807, 2.05) is 26.8 Å². The lowest BCUT2D eigenvalue weighted by molar-refractivity contribution is 0.0276. The monoisotopic (exact) mass is 370 g/mol. The van der Waals surface area contributed by atoms with Crippen LogP contribution in [-0.4, -0.2) is 40.8 Å². The Labute approximate surface area is 161 Å². The molecule has 146 valence electrons. The summed E-state index contributed by atoms with van der Waals surface area (Å²) in [5.41, 5.74) is 1.67. The zero-order valence-corrected chi connectivity index (χ0v) is 16.8. The molecule has 1 aliphatic heterocycles. The maximum absolute atomic E-state index is 12.3. The number of rotatable bonds is 5. The van der Waals surface area contributed by atoms with Gasteiger partial charge in [0, 0.05) is 24.5 Å². The van der Waals surface area contributed by atoms with Gasteiger partial charge in [-0.2, -0.15) is 0 Å². The van der Waals surface area contributed by atoms with Crippen LogP contribution in [0, 0.1) is 0 Å². The van der Waals surface area contributed by atoms with Gasteiger partial charge in [-0.3, -0.25) is 4.98 Å². The summed E-state index contributed by atoms with van der Waals surface area (Å²) in [7, 11) is 0. The van der Waals surface area contributed by atoms with E-state index in [-0.39, 0.29) is 12.2 Å². The largest absolute Gasteiger partial charge is 0.486 e. The number of carbonyl (C=O) groups is 1. The van der Waals surface area contributed by atoms with E-state index < -0.39 is 5.60 Å². The molecule has 0 N–H and O–H groups in total. The molecule has 2 heterocycles. The zero-order chi connectivity index (χ0) is 19.4. The molecule has 27 heavy (non-hydrogen) atoms. The van der Waals surface area contributed by atoms with Gasteiger partial charge in [-0.1, -0.05) is 19.4 Å². The molecule has 1 aromatic carbocycles. The first-order valence-electron chi connectivity index (χ1n) is 9.88. The maximum atomic E-state index is 12.3. The maximum Gasteiger partial charge on any atom is 0.410 e. The quantitative estimate of drug-likeness (QED) is 0.746. The van der Waals surface area contributed by atoms with E-state index in [0.29, 0.717) is 13.1 Å². The number of ether oxygens (including phenoxy) is 2. The number of nitrogens with zero attached hydrogens (tertiary/aromatic N) is 2. The van der Waals surface area contributed by atoms with Crippen LogP contribution in [0.5, 0.6) is 5.75 Å². The highest BCUT2D eigenvalue weighted by molar-refractivity contribution is 5.85. The van der Waals surface area contributed by atoms with E-state index >= 15 is 0 Å². The minimum absolute atomic E-state index is 0.0378. The van der Waals surface area contributed by atoms with Gasteiger partial charge in [-0.15, -0.1) is 0 Å².